The van der Waals surface area contributed by atoms with Crippen LogP contribution < -0.4 is 4.74 Å². The number of aromatic nitrogens is 2. The Kier molecular flexibility index (Phi) is 4.06. The zero-order chi connectivity index (χ0) is 15.5. The van der Waals surface area contributed by atoms with Crippen LogP contribution in [0.3, 0.4) is 0 Å². The normalized spacial score (nSPS) is 17.3. The summed E-state index contributed by atoms with van der Waals surface area (Å²) in [6, 6.07) is 5.23. The number of hydrogen-bond donors (Lipinski definition) is 0. The van der Waals surface area contributed by atoms with E-state index in [0.29, 0.717) is 24.2 Å². The van der Waals surface area contributed by atoms with Crippen LogP contribution in [0, 0.1) is 11.3 Å². The van der Waals surface area contributed by atoms with Crippen molar-refractivity contribution in [2.75, 3.05) is 13.1 Å². The fraction of sp³-hybridized carbons (Fsp3) is 0.286. The molecule has 0 unspecified atom stereocenters. The van der Waals surface area contributed by atoms with Gasteiger partial charge in [0.05, 0.1) is 6.54 Å². The van der Waals surface area contributed by atoms with Gasteiger partial charge in [-0.3, -0.25) is 4.79 Å². The molecule has 1 fully saturated rings. The van der Waals surface area contributed by atoms with E-state index < -0.39 is 0 Å². The maximum absolute atomic E-state index is 12.3. The number of carbonyl (C=O) groups is 1. The van der Waals surface area contributed by atoms with Crippen LogP contribution in [0.25, 0.3) is 0 Å². The molecule has 2 aromatic rings. The average molecular weight is 363 g/mol. The molecule has 8 heteroatoms. The van der Waals surface area contributed by atoms with Gasteiger partial charge in [-0.25, -0.2) is 9.97 Å². The molecule has 1 atom stereocenters. The third-order valence-corrected chi connectivity index (χ3v) is 3.69. The van der Waals surface area contributed by atoms with E-state index in [2.05, 4.69) is 25.9 Å². The van der Waals surface area contributed by atoms with Gasteiger partial charge in [0.25, 0.3) is 11.8 Å². The predicted molar refractivity (Wildman–Crippen MR) is 78.1 cm³/mol. The molecule has 3 rings (SSSR count). The minimum absolute atomic E-state index is 0.141. The van der Waals surface area contributed by atoms with E-state index in [9.17, 15) is 4.79 Å². The largest absolute Gasteiger partial charge is 0.470 e. The number of nitrogens with zero attached hydrogens (tertiary/aromatic N) is 4. The standard InChI is InChI=1S/C14H11BrN4O3/c15-12-2-1-11(22-12)14(20)19-6-3-9(8-19)21-13-10(7-16)17-4-5-18-13/h1-2,4-5,9H,3,6,8H2/t9-/m0/s1. The summed E-state index contributed by atoms with van der Waals surface area (Å²) in [5.74, 6) is 0.297. The lowest BCUT2D eigenvalue weighted by Crippen LogP contribution is -2.30. The topological polar surface area (TPSA) is 92.2 Å². The Balaban J connectivity index is 1.65. The van der Waals surface area contributed by atoms with Gasteiger partial charge in [-0.15, -0.1) is 0 Å². The number of furan rings is 1. The average Bonchev–Trinajstić information content (AvgIpc) is 3.16. The second-order valence-electron chi connectivity index (χ2n) is 4.71. The maximum Gasteiger partial charge on any atom is 0.289 e. The molecule has 3 heterocycles. The summed E-state index contributed by atoms with van der Waals surface area (Å²) in [4.78, 5) is 21.8. The summed E-state index contributed by atoms with van der Waals surface area (Å²) in [7, 11) is 0. The van der Waals surface area contributed by atoms with E-state index in [1.165, 1.54) is 12.4 Å². The van der Waals surface area contributed by atoms with E-state index in [1.54, 1.807) is 17.0 Å². The molecule has 0 N–H and O–H groups in total. The Morgan fingerprint density at radius 1 is 1.45 bits per heavy atom. The van der Waals surface area contributed by atoms with E-state index in [1.807, 2.05) is 6.07 Å². The van der Waals surface area contributed by atoms with Crippen molar-refractivity contribution in [3.05, 3.63) is 40.7 Å². The van der Waals surface area contributed by atoms with Gasteiger partial charge >= 0.3 is 0 Å². The van der Waals surface area contributed by atoms with Crippen LogP contribution in [-0.4, -0.2) is 40.0 Å². The first kappa shape index (κ1) is 14.5. The lowest BCUT2D eigenvalue weighted by Gasteiger charge is -2.15. The summed E-state index contributed by atoms with van der Waals surface area (Å²) in [5.41, 5.74) is 0.141. The molecule has 1 aliphatic rings. The number of ether oxygens (including phenoxy) is 1. The first-order valence-corrected chi connectivity index (χ1v) is 7.39. The van der Waals surface area contributed by atoms with Crippen molar-refractivity contribution >= 4 is 21.8 Å². The second-order valence-corrected chi connectivity index (χ2v) is 5.49. The molecule has 1 saturated heterocycles. The van der Waals surface area contributed by atoms with Crippen molar-refractivity contribution in [2.24, 2.45) is 0 Å². The van der Waals surface area contributed by atoms with Crippen LogP contribution in [0.2, 0.25) is 0 Å². The van der Waals surface area contributed by atoms with E-state index in [-0.39, 0.29) is 29.3 Å². The van der Waals surface area contributed by atoms with Crippen molar-refractivity contribution < 1.29 is 13.9 Å². The molecule has 2 aromatic heterocycles. The van der Waals surface area contributed by atoms with Crippen molar-refractivity contribution in [3.8, 4) is 11.9 Å². The molecule has 0 aliphatic carbocycles. The first-order valence-electron chi connectivity index (χ1n) is 6.59. The predicted octanol–water partition coefficient (Wildman–Crippen LogP) is 2.00. The Morgan fingerprint density at radius 3 is 3.00 bits per heavy atom. The molecule has 0 aromatic carbocycles. The molecule has 7 nitrogen and oxygen atoms in total. The molecule has 0 saturated carbocycles. The third kappa shape index (κ3) is 2.94. The number of likely N-dealkylation sites (tertiary alicyclic amines) is 1. The second kappa shape index (κ2) is 6.15. The van der Waals surface area contributed by atoms with Crippen LogP contribution >= 0.6 is 15.9 Å². The summed E-state index contributed by atoms with van der Waals surface area (Å²) >= 11 is 3.17. The van der Waals surface area contributed by atoms with Gasteiger partial charge < -0.3 is 14.1 Å². The Hall–Kier alpha value is -2.40. The highest BCUT2D eigenvalue weighted by molar-refractivity contribution is 9.10. The zero-order valence-electron chi connectivity index (χ0n) is 11.4. The fourth-order valence-electron chi connectivity index (χ4n) is 2.24. The van der Waals surface area contributed by atoms with Crippen LogP contribution in [0.5, 0.6) is 5.88 Å². The molecular weight excluding hydrogens is 352 g/mol. The van der Waals surface area contributed by atoms with E-state index >= 15 is 0 Å². The molecule has 0 bridgehead atoms. The Labute approximate surface area is 134 Å². The lowest BCUT2D eigenvalue weighted by atomic mass is 10.3. The highest BCUT2D eigenvalue weighted by Crippen LogP contribution is 2.21. The minimum atomic E-state index is -0.217. The van der Waals surface area contributed by atoms with Crippen LogP contribution in [0.15, 0.2) is 33.6 Å². The summed E-state index contributed by atoms with van der Waals surface area (Å²) in [6.45, 7) is 0.975. The van der Waals surface area contributed by atoms with Gasteiger partial charge in [-0.2, -0.15) is 5.26 Å². The Morgan fingerprint density at radius 2 is 2.27 bits per heavy atom. The van der Waals surface area contributed by atoms with Crippen molar-refractivity contribution in [3.63, 3.8) is 0 Å². The number of rotatable bonds is 3. The van der Waals surface area contributed by atoms with Gasteiger partial charge in [-0.05, 0) is 28.1 Å². The molecule has 0 spiro atoms. The summed E-state index contributed by atoms with van der Waals surface area (Å²) in [6.07, 6.45) is 3.35. The number of halogens is 1. The van der Waals surface area contributed by atoms with Crippen molar-refractivity contribution in [2.45, 2.75) is 12.5 Å². The van der Waals surface area contributed by atoms with Crippen LogP contribution in [-0.2, 0) is 0 Å². The highest BCUT2D eigenvalue weighted by atomic mass is 79.9. The molecule has 112 valence electrons. The van der Waals surface area contributed by atoms with Gasteiger partial charge in [-0.1, -0.05) is 0 Å². The zero-order valence-corrected chi connectivity index (χ0v) is 13.0. The Bertz CT molecular complexity index is 740. The van der Waals surface area contributed by atoms with E-state index in [0.717, 1.165) is 0 Å². The van der Waals surface area contributed by atoms with Gasteiger partial charge in [0, 0.05) is 25.4 Å². The summed E-state index contributed by atoms with van der Waals surface area (Å²) < 4.78 is 11.5. The number of carbonyl (C=O) groups excluding carboxylic acids is 1. The third-order valence-electron chi connectivity index (χ3n) is 3.27. The van der Waals surface area contributed by atoms with E-state index in [4.69, 9.17) is 14.4 Å². The quantitative estimate of drug-likeness (QED) is 0.828. The molecule has 1 aliphatic heterocycles. The van der Waals surface area contributed by atoms with Crippen LogP contribution in [0.4, 0.5) is 0 Å². The van der Waals surface area contributed by atoms with Crippen molar-refractivity contribution in [1.29, 1.82) is 5.26 Å². The highest BCUT2D eigenvalue weighted by Gasteiger charge is 2.30. The van der Waals surface area contributed by atoms with Crippen LogP contribution in [0.1, 0.15) is 22.7 Å². The first-order chi connectivity index (χ1) is 10.7. The van der Waals surface area contributed by atoms with Gasteiger partial charge in [0.1, 0.15) is 12.2 Å². The minimum Gasteiger partial charge on any atom is -0.470 e. The lowest BCUT2D eigenvalue weighted by molar-refractivity contribution is 0.0738. The summed E-state index contributed by atoms with van der Waals surface area (Å²) in [5, 5.41) is 8.97. The smallest absolute Gasteiger partial charge is 0.289 e. The fourth-order valence-corrected chi connectivity index (χ4v) is 2.55. The molecule has 0 radical (unpaired) electrons. The molecule has 22 heavy (non-hydrogen) atoms. The monoisotopic (exact) mass is 362 g/mol. The molecular formula is C14H11BrN4O3. The van der Waals surface area contributed by atoms with Gasteiger partial charge in [0.15, 0.2) is 10.4 Å². The number of hydrogen-bond acceptors (Lipinski definition) is 6. The van der Waals surface area contributed by atoms with Gasteiger partial charge in [0.2, 0.25) is 5.69 Å². The molecule has 1 amide bonds. The van der Waals surface area contributed by atoms with Crippen molar-refractivity contribution in [1.82, 2.24) is 14.9 Å². The SMILES string of the molecule is N#Cc1nccnc1O[C@H]1CCN(C(=O)c2ccc(Br)o2)C1. The number of amides is 1. The maximum atomic E-state index is 12.3. The number of nitriles is 1.